The van der Waals surface area contributed by atoms with E-state index >= 15 is 0 Å². The van der Waals surface area contributed by atoms with E-state index in [-0.39, 0.29) is 0 Å². The van der Waals surface area contributed by atoms with E-state index < -0.39 is 0 Å². The molecule has 40 heavy (non-hydrogen) atoms. The third-order valence-electron chi connectivity index (χ3n) is 8.40. The Morgan fingerprint density at radius 1 is 0.400 bits per heavy atom. The Morgan fingerprint density at radius 2 is 0.700 bits per heavy atom. The average molecular weight is 579 g/mol. The van der Waals surface area contributed by atoms with Gasteiger partial charge in [0.15, 0.2) is 0 Å². The van der Waals surface area contributed by atoms with Crippen molar-refractivity contribution in [3.63, 3.8) is 0 Å². The summed E-state index contributed by atoms with van der Waals surface area (Å²) in [6, 6.07) is 14.2. The fourth-order valence-electron chi connectivity index (χ4n) is 5.75. The summed E-state index contributed by atoms with van der Waals surface area (Å²) in [7, 11) is 0. The van der Waals surface area contributed by atoms with Crippen LogP contribution in [0.4, 0.5) is 0 Å². The van der Waals surface area contributed by atoms with E-state index in [0.29, 0.717) is 0 Å². The van der Waals surface area contributed by atoms with Crippen molar-refractivity contribution in [1.82, 2.24) is 0 Å². The smallest absolute Gasteiger partial charge is 0.0345 e. The Balaban J connectivity index is 1.29. The zero-order valence-corrected chi connectivity index (χ0v) is 27.6. The molecule has 0 saturated heterocycles. The minimum absolute atomic E-state index is 1.24. The van der Waals surface area contributed by atoms with Gasteiger partial charge in [-0.2, -0.15) is 0 Å². The van der Waals surface area contributed by atoms with Crippen molar-refractivity contribution in [2.75, 3.05) is 0 Å². The molecule has 0 saturated carbocycles. The average Bonchev–Trinajstić information content (AvgIpc) is 3.65. The summed E-state index contributed by atoms with van der Waals surface area (Å²) in [6.45, 7) is 4.60. The SMILES string of the molecule is CCCCCCCCCCCCc1csc(-c2ccc(-c3cc(CCCCCCCCCCCC)cs3)cc2)c1. The van der Waals surface area contributed by atoms with Crippen molar-refractivity contribution in [2.45, 2.75) is 155 Å². The highest BCUT2D eigenvalue weighted by Gasteiger charge is 2.07. The standard InChI is InChI=1S/C38H58S2/c1-3-5-7-9-11-13-15-17-19-21-23-33-29-37(39-31-33)35-25-27-36(28-26-35)38-30-34(32-40-38)24-22-20-18-16-14-12-10-8-6-4-2/h25-32H,3-24H2,1-2H3. The van der Waals surface area contributed by atoms with Gasteiger partial charge < -0.3 is 0 Å². The molecule has 2 aromatic heterocycles. The number of rotatable bonds is 24. The molecule has 0 N–H and O–H groups in total. The van der Waals surface area contributed by atoms with Gasteiger partial charge in [-0.1, -0.05) is 154 Å². The van der Waals surface area contributed by atoms with Crippen molar-refractivity contribution in [2.24, 2.45) is 0 Å². The van der Waals surface area contributed by atoms with Gasteiger partial charge in [0.1, 0.15) is 0 Å². The highest BCUT2D eigenvalue weighted by molar-refractivity contribution is 7.14. The number of aryl methyl sites for hydroxylation is 2. The lowest BCUT2D eigenvalue weighted by Gasteiger charge is -2.02. The Hall–Kier alpha value is -1.38. The second-order valence-electron chi connectivity index (χ2n) is 12.1. The first-order chi connectivity index (χ1) is 19.8. The van der Waals surface area contributed by atoms with Gasteiger partial charge in [-0.05, 0) is 70.8 Å². The first-order valence-electron chi connectivity index (χ1n) is 17.1. The number of hydrogen-bond donors (Lipinski definition) is 0. The first-order valence-corrected chi connectivity index (χ1v) is 18.8. The van der Waals surface area contributed by atoms with Gasteiger partial charge >= 0.3 is 0 Å². The second-order valence-corrected chi connectivity index (χ2v) is 13.9. The number of thiophene rings is 2. The lowest BCUT2D eigenvalue weighted by molar-refractivity contribution is 0.556. The van der Waals surface area contributed by atoms with E-state index in [4.69, 9.17) is 0 Å². The Morgan fingerprint density at radius 3 is 1.02 bits per heavy atom. The predicted octanol–water partition coefficient (Wildman–Crippen LogP) is 14.1. The minimum atomic E-state index is 1.24. The molecule has 0 fully saturated rings. The maximum Gasteiger partial charge on any atom is 0.0345 e. The summed E-state index contributed by atoms with van der Waals surface area (Å²) < 4.78 is 0. The molecule has 3 aromatic rings. The van der Waals surface area contributed by atoms with Crippen LogP contribution in [0.1, 0.15) is 153 Å². The number of unbranched alkanes of at least 4 members (excludes halogenated alkanes) is 18. The molecule has 0 radical (unpaired) electrons. The number of hydrogen-bond acceptors (Lipinski definition) is 2. The van der Waals surface area contributed by atoms with Gasteiger partial charge in [0.2, 0.25) is 0 Å². The summed E-state index contributed by atoms with van der Waals surface area (Å²) in [5, 5.41) is 4.77. The van der Waals surface area contributed by atoms with E-state index in [1.807, 2.05) is 22.7 Å². The highest BCUT2D eigenvalue weighted by atomic mass is 32.1. The summed E-state index contributed by atoms with van der Waals surface area (Å²) in [6.07, 6.45) is 30.7. The fraction of sp³-hybridized carbons (Fsp3) is 0.632. The zero-order chi connectivity index (χ0) is 28.1. The monoisotopic (exact) mass is 578 g/mol. The number of benzene rings is 1. The molecule has 1 aromatic carbocycles. The van der Waals surface area contributed by atoms with Gasteiger partial charge in [0.25, 0.3) is 0 Å². The van der Waals surface area contributed by atoms with E-state index in [2.05, 4.69) is 61.0 Å². The summed E-state index contributed by atoms with van der Waals surface area (Å²) in [5.74, 6) is 0. The van der Waals surface area contributed by atoms with E-state index in [1.54, 1.807) is 0 Å². The highest BCUT2D eigenvalue weighted by Crippen LogP contribution is 2.33. The molecule has 0 aliphatic heterocycles. The van der Waals surface area contributed by atoms with Crippen LogP contribution >= 0.6 is 22.7 Å². The van der Waals surface area contributed by atoms with Gasteiger partial charge in [-0.25, -0.2) is 0 Å². The molecule has 0 unspecified atom stereocenters. The lowest BCUT2D eigenvalue weighted by atomic mass is 10.0. The third kappa shape index (κ3) is 13.5. The fourth-order valence-corrected chi connectivity index (χ4v) is 7.66. The Bertz CT molecular complexity index is 911. The molecule has 0 nitrogen and oxygen atoms in total. The van der Waals surface area contributed by atoms with Gasteiger partial charge in [0, 0.05) is 9.75 Å². The lowest BCUT2D eigenvalue weighted by Crippen LogP contribution is -1.85. The molecule has 222 valence electrons. The normalized spacial score (nSPS) is 11.4. The topological polar surface area (TPSA) is 0 Å². The predicted molar refractivity (Wildman–Crippen MR) is 184 cm³/mol. The van der Waals surface area contributed by atoms with Crippen molar-refractivity contribution in [1.29, 1.82) is 0 Å². The molecule has 3 rings (SSSR count). The van der Waals surface area contributed by atoms with Crippen LogP contribution in [-0.2, 0) is 12.8 Å². The summed E-state index contributed by atoms with van der Waals surface area (Å²) in [4.78, 5) is 2.84. The second kappa shape index (κ2) is 21.3. The molecule has 0 atom stereocenters. The van der Waals surface area contributed by atoms with Crippen LogP contribution in [0.3, 0.4) is 0 Å². The molecule has 0 aliphatic rings. The molecular weight excluding hydrogens is 521 g/mol. The quantitative estimate of drug-likeness (QED) is 0.0927. The van der Waals surface area contributed by atoms with Gasteiger partial charge in [0.05, 0.1) is 0 Å². The molecule has 2 heteroatoms. The van der Waals surface area contributed by atoms with Crippen LogP contribution < -0.4 is 0 Å². The van der Waals surface area contributed by atoms with Crippen molar-refractivity contribution in [3.05, 3.63) is 58.3 Å². The third-order valence-corrected chi connectivity index (χ3v) is 10.5. The van der Waals surface area contributed by atoms with Crippen LogP contribution in [0.5, 0.6) is 0 Å². The molecule has 0 spiro atoms. The van der Waals surface area contributed by atoms with Gasteiger partial charge in [-0.3, -0.25) is 0 Å². The molecule has 0 aliphatic carbocycles. The van der Waals surface area contributed by atoms with Crippen LogP contribution in [0.2, 0.25) is 0 Å². The summed E-state index contributed by atoms with van der Waals surface area (Å²) in [5.41, 5.74) is 5.78. The summed E-state index contributed by atoms with van der Waals surface area (Å²) >= 11 is 3.82. The minimum Gasteiger partial charge on any atom is -0.144 e. The maximum absolute atomic E-state index is 2.43. The van der Waals surface area contributed by atoms with Gasteiger partial charge in [-0.15, -0.1) is 22.7 Å². The van der Waals surface area contributed by atoms with Crippen molar-refractivity contribution >= 4 is 22.7 Å². The van der Waals surface area contributed by atoms with E-state index in [1.165, 1.54) is 173 Å². The van der Waals surface area contributed by atoms with Crippen LogP contribution in [0, 0.1) is 0 Å². The van der Waals surface area contributed by atoms with Crippen molar-refractivity contribution in [3.8, 4) is 20.9 Å². The Kier molecular flexibility index (Phi) is 17.7. The molecule has 2 heterocycles. The molecule has 0 amide bonds. The van der Waals surface area contributed by atoms with E-state index in [0.717, 1.165) is 0 Å². The molecule has 0 bridgehead atoms. The van der Waals surface area contributed by atoms with Crippen molar-refractivity contribution < 1.29 is 0 Å². The largest absolute Gasteiger partial charge is 0.144 e. The maximum atomic E-state index is 2.43. The van der Waals surface area contributed by atoms with Crippen LogP contribution in [0.25, 0.3) is 20.9 Å². The molecular formula is C38H58S2. The zero-order valence-electron chi connectivity index (χ0n) is 26.0. The van der Waals surface area contributed by atoms with E-state index in [9.17, 15) is 0 Å². The van der Waals surface area contributed by atoms with Crippen LogP contribution in [0.15, 0.2) is 47.2 Å². The first kappa shape index (κ1) is 33.1. The van der Waals surface area contributed by atoms with Crippen LogP contribution in [-0.4, -0.2) is 0 Å². The Labute approximate surface area is 256 Å².